The van der Waals surface area contributed by atoms with E-state index in [-0.39, 0.29) is 5.91 Å². The molecule has 6 heteroatoms. The van der Waals surface area contributed by atoms with Gasteiger partial charge in [-0.3, -0.25) is 14.4 Å². The lowest BCUT2D eigenvalue weighted by molar-refractivity contribution is 0.0159. The Morgan fingerprint density at radius 2 is 2.09 bits per heavy atom. The maximum Gasteiger partial charge on any atom is 0.269 e. The van der Waals surface area contributed by atoms with Crippen LogP contribution < -0.4 is 5.32 Å². The summed E-state index contributed by atoms with van der Waals surface area (Å²) in [5.74, 6) is 0.494. The number of nitrogens with zero attached hydrogens (tertiary/aromatic N) is 3. The third-order valence-electron chi connectivity index (χ3n) is 4.31. The van der Waals surface area contributed by atoms with Gasteiger partial charge < -0.3 is 10.1 Å². The summed E-state index contributed by atoms with van der Waals surface area (Å²) in [5, 5.41) is 7.51. The van der Waals surface area contributed by atoms with E-state index in [1.165, 1.54) is 0 Å². The van der Waals surface area contributed by atoms with Crippen LogP contribution in [0.1, 0.15) is 43.4 Å². The predicted molar refractivity (Wildman–Crippen MR) is 90.6 cm³/mol. The average molecular weight is 322 g/mol. The fourth-order valence-corrected chi connectivity index (χ4v) is 3.03. The van der Waals surface area contributed by atoms with Crippen molar-refractivity contribution in [2.24, 2.45) is 13.0 Å². The molecule has 0 aliphatic carbocycles. The van der Waals surface area contributed by atoms with Gasteiger partial charge in [0, 0.05) is 32.7 Å². The summed E-state index contributed by atoms with van der Waals surface area (Å²) in [7, 11) is 1.83. The van der Waals surface area contributed by atoms with Crippen molar-refractivity contribution < 1.29 is 9.53 Å². The smallest absolute Gasteiger partial charge is 0.269 e. The molecule has 6 nitrogen and oxygen atoms in total. The summed E-state index contributed by atoms with van der Waals surface area (Å²) in [5.41, 5.74) is 1.62. The van der Waals surface area contributed by atoms with Gasteiger partial charge in [-0.05, 0) is 24.8 Å². The maximum atomic E-state index is 12.5. The zero-order valence-electron chi connectivity index (χ0n) is 14.8. The van der Waals surface area contributed by atoms with Gasteiger partial charge in [0.05, 0.1) is 18.9 Å². The summed E-state index contributed by atoms with van der Waals surface area (Å²) in [6.07, 6.45) is 1.91. The van der Waals surface area contributed by atoms with Crippen LogP contribution in [-0.4, -0.2) is 59.5 Å². The fourth-order valence-electron chi connectivity index (χ4n) is 3.03. The molecule has 23 heavy (non-hydrogen) atoms. The van der Waals surface area contributed by atoms with Gasteiger partial charge in [0.25, 0.3) is 5.91 Å². The Labute approximate surface area is 139 Å². The van der Waals surface area contributed by atoms with Crippen LogP contribution in [0.3, 0.4) is 0 Å². The monoisotopic (exact) mass is 322 g/mol. The van der Waals surface area contributed by atoms with E-state index in [9.17, 15) is 4.79 Å². The summed E-state index contributed by atoms with van der Waals surface area (Å²) in [6.45, 7) is 10.6. The van der Waals surface area contributed by atoms with Crippen molar-refractivity contribution in [1.82, 2.24) is 20.0 Å². The quantitative estimate of drug-likeness (QED) is 0.826. The Morgan fingerprint density at radius 1 is 1.39 bits per heavy atom. The Balaban J connectivity index is 1.91. The molecule has 1 saturated heterocycles. The van der Waals surface area contributed by atoms with Crippen LogP contribution in [0, 0.1) is 5.92 Å². The number of hydrogen-bond acceptors (Lipinski definition) is 4. The van der Waals surface area contributed by atoms with Gasteiger partial charge in [0.1, 0.15) is 5.69 Å². The normalized spacial score (nSPS) is 17.4. The van der Waals surface area contributed by atoms with Gasteiger partial charge in [0.2, 0.25) is 0 Å². The van der Waals surface area contributed by atoms with Gasteiger partial charge >= 0.3 is 0 Å². The summed E-state index contributed by atoms with van der Waals surface area (Å²) in [6, 6.07) is 2.27. The van der Waals surface area contributed by atoms with Crippen molar-refractivity contribution in [1.29, 1.82) is 0 Å². The van der Waals surface area contributed by atoms with Crippen molar-refractivity contribution in [3.05, 3.63) is 17.5 Å². The number of aromatic nitrogens is 2. The summed E-state index contributed by atoms with van der Waals surface area (Å²) in [4.78, 5) is 14.9. The molecule has 0 radical (unpaired) electrons. The molecule has 0 unspecified atom stereocenters. The largest absolute Gasteiger partial charge is 0.379 e. The molecule has 2 heterocycles. The van der Waals surface area contributed by atoms with Crippen LogP contribution in [-0.2, 0) is 18.2 Å². The van der Waals surface area contributed by atoms with E-state index >= 15 is 0 Å². The van der Waals surface area contributed by atoms with E-state index in [4.69, 9.17) is 4.74 Å². The Morgan fingerprint density at radius 3 is 2.70 bits per heavy atom. The van der Waals surface area contributed by atoms with Crippen molar-refractivity contribution in [2.75, 3.05) is 32.8 Å². The lowest BCUT2D eigenvalue weighted by Gasteiger charge is -2.34. The van der Waals surface area contributed by atoms with Gasteiger partial charge in [-0.2, -0.15) is 5.10 Å². The topological polar surface area (TPSA) is 59.4 Å². The Kier molecular flexibility index (Phi) is 6.59. The van der Waals surface area contributed by atoms with E-state index in [2.05, 4.69) is 36.1 Å². The number of carbonyl (C=O) groups excluding carboxylic acids is 1. The molecule has 0 aromatic carbocycles. The van der Waals surface area contributed by atoms with E-state index in [0.717, 1.165) is 44.8 Å². The molecule has 1 fully saturated rings. The molecule has 1 atom stereocenters. The molecule has 130 valence electrons. The van der Waals surface area contributed by atoms with Crippen LogP contribution in [0.15, 0.2) is 6.07 Å². The van der Waals surface area contributed by atoms with Crippen molar-refractivity contribution in [3.8, 4) is 0 Å². The second kappa shape index (κ2) is 8.45. The van der Waals surface area contributed by atoms with E-state index in [0.29, 0.717) is 24.2 Å². The lowest BCUT2D eigenvalue weighted by atomic mass is 10.1. The van der Waals surface area contributed by atoms with Gasteiger partial charge in [-0.25, -0.2) is 0 Å². The first kappa shape index (κ1) is 17.9. The number of amides is 1. The fraction of sp³-hybridized carbons (Fsp3) is 0.765. The lowest BCUT2D eigenvalue weighted by Crippen LogP contribution is -2.48. The van der Waals surface area contributed by atoms with Gasteiger partial charge in [0.15, 0.2) is 0 Å². The number of morpholine rings is 1. The van der Waals surface area contributed by atoms with Crippen LogP contribution in [0.25, 0.3) is 0 Å². The predicted octanol–water partition coefficient (Wildman–Crippen LogP) is 1.46. The van der Waals surface area contributed by atoms with Crippen LogP contribution >= 0.6 is 0 Å². The van der Waals surface area contributed by atoms with Crippen molar-refractivity contribution >= 4 is 5.91 Å². The first-order chi connectivity index (χ1) is 11.0. The van der Waals surface area contributed by atoms with Crippen molar-refractivity contribution in [2.45, 2.75) is 39.7 Å². The second-order valence-corrected chi connectivity index (χ2v) is 6.66. The van der Waals surface area contributed by atoms with Crippen LogP contribution in [0.4, 0.5) is 0 Å². The van der Waals surface area contributed by atoms with E-state index in [1.807, 2.05) is 13.1 Å². The third-order valence-corrected chi connectivity index (χ3v) is 4.31. The number of hydrogen-bond donors (Lipinski definition) is 1. The molecule has 0 spiro atoms. The molecule has 1 aliphatic heterocycles. The average Bonchev–Trinajstić information content (AvgIpc) is 2.88. The minimum absolute atomic E-state index is 0.0401. The molecule has 1 aromatic rings. The summed E-state index contributed by atoms with van der Waals surface area (Å²) < 4.78 is 7.08. The first-order valence-electron chi connectivity index (χ1n) is 8.64. The minimum atomic E-state index is -0.0401. The number of aryl methyl sites for hydroxylation is 1. The number of carbonyl (C=O) groups is 1. The Bertz CT molecular complexity index is 507. The third kappa shape index (κ3) is 5.04. The van der Waals surface area contributed by atoms with Crippen molar-refractivity contribution in [3.63, 3.8) is 0 Å². The van der Waals surface area contributed by atoms with E-state index in [1.54, 1.807) is 4.68 Å². The standard InChI is InChI=1S/C17H30N4O2/c1-5-15(21-6-8-23-9-7-21)12-18-17(22)16-11-14(10-13(2)3)19-20(16)4/h11,13,15H,5-10,12H2,1-4H3,(H,18,22)/t15-/m1/s1. The summed E-state index contributed by atoms with van der Waals surface area (Å²) >= 11 is 0. The number of ether oxygens (including phenoxy) is 1. The van der Waals surface area contributed by atoms with Gasteiger partial charge in [-0.1, -0.05) is 20.8 Å². The highest BCUT2D eigenvalue weighted by molar-refractivity contribution is 5.92. The SMILES string of the molecule is CC[C@H](CNC(=O)c1cc(CC(C)C)nn1C)N1CCOCC1. The highest BCUT2D eigenvalue weighted by Gasteiger charge is 2.21. The molecular weight excluding hydrogens is 292 g/mol. The highest BCUT2D eigenvalue weighted by Crippen LogP contribution is 2.10. The molecule has 1 aromatic heterocycles. The number of rotatable bonds is 7. The molecule has 0 saturated carbocycles. The second-order valence-electron chi connectivity index (χ2n) is 6.66. The maximum absolute atomic E-state index is 12.5. The zero-order valence-corrected chi connectivity index (χ0v) is 14.8. The van der Waals surface area contributed by atoms with Crippen LogP contribution in [0.2, 0.25) is 0 Å². The molecule has 1 N–H and O–H groups in total. The zero-order chi connectivity index (χ0) is 16.8. The molecule has 1 amide bonds. The minimum Gasteiger partial charge on any atom is -0.379 e. The van der Waals surface area contributed by atoms with E-state index < -0.39 is 0 Å². The highest BCUT2D eigenvalue weighted by atomic mass is 16.5. The molecule has 1 aliphatic rings. The molecule has 0 bridgehead atoms. The molecular formula is C17H30N4O2. The van der Waals surface area contributed by atoms with Gasteiger partial charge in [-0.15, -0.1) is 0 Å². The Hall–Kier alpha value is -1.40. The molecule has 2 rings (SSSR count). The first-order valence-corrected chi connectivity index (χ1v) is 8.64. The number of nitrogens with one attached hydrogen (secondary N) is 1. The van der Waals surface area contributed by atoms with Crippen LogP contribution in [0.5, 0.6) is 0 Å².